The van der Waals surface area contributed by atoms with Crippen molar-refractivity contribution in [3.8, 4) is 17.2 Å². The summed E-state index contributed by atoms with van der Waals surface area (Å²) in [5.74, 6) is 1.23. The third-order valence-corrected chi connectivity index (χ3v) is 6.11. The van der Waals surface area contributed by atoms with Gasteiger partial charge in [0.05, 0.1) is 12.0 Å². The van der Waals surface area contributed by atoms with Gasteiger partial charge in [-0.2, -0.15) is 0 Å². The number of amides is 1. The van der Waals surface area contributed by atoms with E-state index in [0.29, 0.717) is 41.7 Å². The van der Waals surface area contributed by atoms with Crippen LogP contribution >= 0.6 is 0 Å². The van der Waals surface area contributed by atoms with E-state index in [1.165, 1.54) is 25.3 Å². The average Bonchev–Trinajstić information content (AvgIpc) is 3.55. The maximum atomic E-state index is 12.3. The van der Waals surface area contributed by atoms with Crippen molar-refractivity contribution in [3.63, 3.8) is 0 Å². The molecule has 0 radical (unpaired) electrons. The van der Waals surface area contributed by atoms with Crippen LogP contribution in [0.3, 0.4) is 0 Å². The largest absolute Gasteiger partial charge is 0.493 e. The molecule has 1 aliphatic heterocycles. The molecule has 1 saturated carbocycles. The highest BCUT2D eigenvalue weighted by Gasteiger charge is 2.28. The minimum Gasteiger partial charge on any atom is -0.493 e. The van der Waals surface area contributed by atoms with Crippen LogP contribution in [0.4, 0.5) is 5.69 Å². The fourth-order valence-corrected chi connectivity index (χ4v) is 4.33. The van der Waals surface area contributed by atoms with Crippen LogP contribution in [0.15, 0.2) is 47.4 Å². The van der Waals surface area contributed by atoms with Gasteiger partial charge in [-0.05, 0) is 54.8 Å². The fraction of sp³-hybridized carbons (Fsp3) is 0.286. The number of rotatable bonds is 7. The van der Waals surface area contributed by atoms with Crippen molar-refractivity contribution in [3.05, 3.63) is 48.0 Å². The van der Waals surface area contributed by atoms with E-state index < -0.39 is 15.9 Å². The summed E-state index contributed by atoms with van der Waals surface area (Å²) in [5.41, 5.74) is 1.10. The first-order chi connectivity index (χ1) is 14.4. The zero-order chi connectivity index (χ0) is 21.1. The molecule has 1 fully saturated rings. The molecular weight excluding hydrogens is 408 g/mol. The quantitative estimate of drug-likeness (QED) is 0.655. The van der Waals surface area contributed by atoms with E-state index in [2.05, 4.69) is 10.0 Å². The maximum absolute atomic E-state index is 12.3. The first kappa shape index (κ1) is 20.2. The summed E-state index contributed by atoms with van der Waals surface area (Å²) >= 11 is 0. The molecule has 0 bridgehead atoms. The van der Waals surface area contributed by atoms with Gasteiger partial charge < -0.3 is 19.5 Å². The molecular formula is C21H22N2O6S. The summed E-state index contributed by atoms with van der Waals surface area (Å²) < 4.78 is 43.8. The van der Waals surface area contributed by atoms with Gasteiger partial charge >= 0.3 is 0 Å². The first-order valence-electron chi connectivity index (χ1n) is 9.54. The first-order valence-corrected chi connectivity index (χ1v) is 11.0. The summed E-state index contributed by atoms with van der Waals surface area (Å²) in [5, 5.41) is 2.68. The van der Waals surface area contributed by atoms with E-state index in [9.17, 15) is 13.2 Å². The van der Waals surface area contributed by atoms with Crippen molar-refractivity contribution < 1.29 is 27.4 Å². The standard InChI is InChI=1S/C21H22N2O6S/c1-27-18-11-14(12-19-21(18)29-10-9-28-19)5-8-20(24)22-16-3-2-4-17(13-16)30(25,26)23-15-6-7-15/h2-5,8,11-13,15,23H,6-7,9-10H2,1H3,(H,22,24). The molecule has 2 aromatic rings. The van der Waals surface area contributed by atoms with E-state index >= 15 is 0 Å². The Morgan fingerprint density at radius 1 is 1.17 bits per heavy atom. The number of hydrogen-bond donors (Lipinski definition) is 2. The van der Waals surface area contributed by atoms with E-state index in [0.717, 1.165) is 12.8 Å². The van der Waals surface area contributed by atoms with Crippen LogP contribution in [-0.2, 0) is 14.8 Å². The predicted octanol–water partition coefficient (Wildman–Crippen LogP) is 2.56. The molecule has 0 aromatic heterocycles. The van der Waals surface area contributed by atoms with Gasteiger partial charge in [0, 0.05) is 17.8 Å². The summed E-state index contributed by atoms with van der Waals surface area (Å²) in [6.07, 6.45) is 4.68. The molecule has 1 heterocycles. The number of ether oxygens (including phenoxy) is 3. The number of carbonyl (C=O) groups excluding carboxylic acids is 1. The van der Waals surface area contributed by atoms with Gasteiger partial charge in [-0.3, -0.25) is 4.79 Å². The second-order valence-electron chi connectivity index (χ2n) is 6.99. The number of benzene rings is 2. The van der Waals surface area contributed by atoms with Crippen LogP contribution in [0.25, 0.3) is 6.08 Å². The smallest absolute Gasteiger partial charge is 0.248 e. The van der Waals surface area contributed by atoms with Crippen molar-refractivity contribution in [2.24, 2.45) is 0 Å². The number of carbonyl (C=O) groups is 1. The highest BCUT2D eigenvalue weighted by atomic mass is 32.2. The Labute approximate surface area is 174 Å². The lowest BCUT2D eigenvalue weighted by molar-refractivity contribution is -0.111. The Hall–Kier alpha value is -3.04. The molecule has 8 nitrogen and oxygen atoms in total. The number of hydrogen-bond acceptors (Lipinski definition) is 6. The van der Waals surface area contributed by atoms with E-state index in [1.54, 1.807) is 30.3 Å². The van der Waals surface area contributed by atoms with Crippen LogP contribution in [-0.4, -0.2) is 40.7 Å². The van der Waals surface area contributed by atoms with Crippen LogP contribution < -0.4 is 24.2 Å². The number of nitrogens with one attached hydrogen (secondary N) is 2. The molecule has 2 aliphatic rings. The van der Waals surface area contributed by atoms with Crippen molar-refractivity contribution >= 4 is 27.7 Å². The molecule has 2 N–H and O–H groups in total. The number of methoxy groups -OCH3 is 1. The van der Waals surface area contributed by atoms with Gasteiger partial charge in [0.15, 0.2) is 11.5 Å². The summed E-state index contributed by atoms with van der Waals surface area (Å²) in [6, 6.07) is 9.67. The topological polar surface area (TPSA) is 103 Å². The van der Waals surface area contributed by atoms with Gasteiger partial charge in [0.1, 0.15) is 13.2 Å². The van der Waals surface area contributed by atoms with E-state index in [1.807, 2.05) is 0 Å². The summed E-state index contributed by atoms with van der Waals surface area (Å²) in [7, 11) is -2.05. The molecule has 158 valence electrons. The van der Waals surface area contributed by atoms with E-state index in [-0.39, 0.29) is 10.9 Å². The summed E-state index contributed by atoms with van der Waals surface area (Å²) in [6.45, 7) is 0.893. The molecule has 9 heteroatoms. The monoisotopic (exact) mass is 430 g/mol. The SMILES string of the molecule is COc1cc(C=CC(=O)Nc2cccc(S(=O)(=O)NC3CC3)c2)cc2c1OCCO2. The van der Waals surface area contributed by atoms with Crippen molar-refractivity contribution in [2.45, 2.75) is 23.8 Å². The van der Waals surface area contributed by atoms with Gasteiger partial charge in [-0.25, -0.2) is 13.1 Å². The Balaban J connectivity index is 1.46. The fourth-order valence-electron chi connectivity index (χ4n) is 2.98. The molecule has 1 aliphatic carbocycles. The summed E-state index contributed by atoms with van der Waals surface area (Å²) in [4.78, 5) is 12.4. The second-order valence-corrected chi connectivity index (χ2v) is 8.71. The molecule has 30 heavy (non-hydrogen) atoms. The lowest BCUT2D eigenvalue weighted by Crippen LogP contribution is -2.25. The molecule has 0 saturated heterocycles. The van der Waals surface area contributed by atoms with E-state index in [4.69, 9.17) is 14.2 Å². The van der Waals surface area contributed by atoms with Gasteiger partial charge in [0.2, 0.25) is 21.7 Å². The lowest BCUT2D eigenvalue weighted by Gasteiger charge is -2.20. The van der Waals surface area contributed by atoms with Crippen LogP contribution in [0.2, 0.25) is 0 Å². The maximum Gasteiger partial charge on any atom is 0.248 e. The highest BCUT2D eigenvalue weighted by molar-refractivity contribution is 7.89. The van der Waals surface area contributed by atoms with Gasteiger partial charge in [0.25, 0.3) is 0 Å². The molecule has 2 aromatic carbocycles. The van der Waals surface area contributed by atoms with Gasteiger partial charge in [-0.15, -0.1) is 0 Å². The Kier molecular flexibility index (Phi) is 5.65. The zero-order valence-corrected chi connectivity index (χ0v) is 17.2. The molecule has 4 rings (SSSR count). The average molecular weight is 430 g/mol. The second kappa shape index (κ2) is 8.37. The highest BCUT2D eigenvalue weighted by Crippen LogP contribution is 2.40. The molecule has 0 spiro atoms. The van der Waals surface area contributed by atoms with Crippen molar-refractivity contribution in [2.75, 3.05) is 25.6 Å². The third-order valence-electron chi connectivity index (χ3n) is 4.59. The molecule has 0 unspecified atom stereocenters. The predicted molar refractivity (Wildman–Crippen MR) is 111 cm³/mol. The Morgan fingerprint density at radius 2 is 1.97 bits per heavy atom. The zero-order valence-electron chi connectivity index (χ0n) is 16.4. The molecule has 0 atom stereocenters. The lowest BCUT2D eigenvalue weighted by atomic mass is 10.1. The Bertz CT molecular complexity index is 1080. The Morgan fingerprint density at radius 3 is 2.73 bits per heavy atom. The van der Waals surface area contributed by atoms with Crippen molar-refractivity contribution in [1.29, 1.82) is 0 Å². The molecule has 1 amide bonds. The van der Waals surface area contributed by atoms with Crippen molar-refractivity contribution in [1.82, 2.24) is 4.72 Å². The van der Waals surface area contributed by atoms with Gasteiger partial charge in [-0.1, -0.05) is 6.07 Å². The third kappa shape index (κ3) is 4.74. The minimum atomic E-state index is -3.59. The van der Waals surface area contributed by atoms with Crippen LogP contribution in [0.1, 0.15) is 18.4 Å². The number of sulfonamides is 1. The van der Waals surface area contributed by atoms with Crippen LogP contribution in [0, 0.1) is 0 Å². The van der Waals surface area contributed by atoms with Crippen LogP contribution in [0.5, 0.6) is 17.2 Å². The minimum absolute atomic E-state index is 0.0131. The number of fused-ring (bicyclic) bond motifs is 1. The normalized spacial score (nSPS) is 15.8. The number of anilines is 1.